The number of para-hydroxylation sites is 1. The molecular weight excluding hydrogens is 274 g/mol. The van der Waals surface area contributed by atoms with Crippen LogP contribution in [0.1, 0.15) is 13.8 Å². The van der Waals surface area contributed by atoms with Gasteiger partial charge in [-0.15, -0.1) is 0 Å². The lowest BCUT2D eigenvalue weighted by atomic mass is 10.2. The molecule has 0 saturated heterocycles. The number of anilines is 3. The predicted octanol–water partition coefficient (Wildman–Crippen LogP) is 4.72. The first kappa shape index (κ1) is 15.6. The molecule has 3 N–H and O–H groups in total. The molecule has 2 rings (SSSR count). The largest absolute Gasteiger partial charge is 0.356 e. The van der Waals surface area contributed by atoms with Crippen molar-refractivity contribution in [3.8, 4) is 0 Å². The molecule has 0 fully saturated rings. The Morgan fingerprint density at radius 1 is 0.909 bits per heavy atom. The first-order valence-electron chi connectivity index (χ1n) is 7.30. The van der Waals surface area contributed by atoms with E-state index in [1.807, 2.05) is 60.7 Å². The number of hydrogen-bond acceptors (Lipinski definition) is 2. The third kappa shape index (κ3) is 5.32. The Hall–Kier alpha value is -2.75. The van der Waals surface area contributed by atoms with E-state index in [1.54, 1.807) is 6.20 Å². The maximum absolute atomic E-state index is 11.7. The van der Waals surface area contributed by atoms with E-state index in [-0.39, 0.29) is 6.03 Å². The van der Waals surface area contributed by atoms with Crippen LogP contribution in [0.5, 0.6) is 0 Å². The highest BCUT2D eigenvalue weighted by Crippen LogP contribution is 2.18. The summed E-state index contributed by atoms with van der Waals surface area (Å²) in [6.07, 6.45) is 3.58. The number of rotatable bonds is 5. The van der Waals surface area contributed by atoms with Gasteiger partial charge in [-0.2, -0.15) is 0 Å². The van der Waals surface area contributed by atoms with Gasteiger partial charge >= 0.3 is 6.03 Å². The molecule has 2 aromatic carbocycles. The number of carbonyl (C=O) groups is 1. The third-order valence-electron chi connectivity index (χ3n) is 2.90. The van der Waals surface area contributed by atoms with E-state index in [0.717, 1.165) is 17.1 Å². The molecule has 114 valence electrons. The minimum absolute atomic E-state index is 0.249. The SMILES string of the molecule is CC(C)/C=C/NC(=O)Nc1ccc(Nc2ccccc2)cc1. The van der Waals surface area contributed by atoms with E-state index < -0.39 is 0 Å². The van der Waals surface area contributed by atoms with Crippen molar-refractivity contribution in [1.29, 1.82) is 0 Å². The first-order chi connectivity index (χ1) is 10.6. The summed E-state index contributed by atoms with van der Waals surface area (Å²) in [5.74, 6) is 0.406. The summed E-state index contributed by atoms with van der Waals surface area (Å²) >= 11 is 0. The Morgan fingerprint density at radius 3 is 2.14 bits per heavy atom. The van der Waals surface area contributed by atoms with Crippen molar-refractivity contribution in [2.24, 2.45) is 5.92 Å². The molecule has 0 aliphatic carbocycles. The average molecular weight is 295 g/mol. The van der Waals surface area contributed by atoms with Crippen LogP contribution >= 0.6 is 0 Å². The normalized spacial score (nSPS) is 10.7. The number of urea groups is 1. The van der Waals surface area contributed by atoms with Crippen LogP contribution in [-0.4, -0.2) is 6.03 Å². The summed E-state index contributed by atoms with van der Waals surface area (Å²) in [5, 5.41) is 8.74. The van der Waals surface area contributed by atoms with Gasteiger partial charge in [0.05, 0.1) is 0 Å². The lowest BCUT2D eigenvalue weighted by Crippen LogP contribution is -2.23. The fraction of sp³-hybridized carbons (Fsp3) is 0.167. The number of hydrogen-bond donors (Lipinski definition) is 3. The van der Waals surface area contributed by atoms with E-state index >= 15 is 0 Å². The zero-order valence-electron chi connectivity index (χ0n) is 12.8. The highest BCUT2D eigenvalue weighted by atomic mass is 16.2. The zero-order valence-corrected chi connectivity index (χ0v) is 12.8. The molecule has 0 bridgehead atoms. The Labute approximate surface area is 131 Å². The average Bonchev–Trinajstić information content (AvgIpc) is 2.50. The predicted molar refractivity (Wildman–Crippen MR) is 92.3 cm³/mol. The van der Waals surface area contributed by atoms with Crippen molar-refractivity contribution in [3.63, 3.8) is 0 Å². The summed E-state index contributed by atoms with van der Waals surface area (Å²) in [6, 6.07) is 17.3. The van der Waals surface area contributed by atoms with E-state index in [9.17, 15) is 4.79 Å². The lowest BCUT2D eigenvalue weighted by Gasteiger charge is -2.08. The summed E-state index contributed by atoms with van der Waals surface area (Å²) in [4.78, 5) is 11.7. The molecular formula is C18H21N3O. The van der Waals surface area contributed by atoms with Gasteiger partial charge in [-0.3, -0.25) is 0 Å². The number of amides is 2. The molecule has 0 radical (unpaired) electrons. The van der Waals surface area contributed by atoms with Crippen molar-refractivity contribution >= 4 is 23.1 Å². The Balaban J connectivity index is 1.88. The van der Waals surface area contributed by atoms with E-state index in [1.165, 1.54) is 0 Å². The second-order valence-electron chi connectivity index (χ2n) is 5.27. The van der Waals surface area contributed by atoms with Crippen LogP contribution in [0.15, 0.2) is 66.9 Å². The molecule has 0 spiro atoms. The van der Waals surface area contributed by atoms with Crippen LogP contribution in [0.4, 0.5) is 21.9 Å². The maximum Gasteiger partial charge on any atom is 0.323 e. The van der Waals surface area contributed by atoms with Gasteiger partial charge in [-0.05, 0) is 42.3 Å². The minimum atomic E-state index is -0.249. The molecule has 0 saturated carbocycles. The first-order valence-corrected chi connectivity index (χ1v) is 7.30. The third-order valence-corrected chi connectivity index (χ3v) is 2.90. The fourth-order valence-corrected chi connectivity index (χ4v) is 1.81. The van der Waals surface area contributed by atoms with Gasteiger partial charge in [-0.25, -0.2) is 4.79 Å². The van der Waals surface area contributed by atoms with Gasteiger partial charge in [0.2, 0.25) is 0 Å². The van der Waals surface area contributed by atoms with Gasteiger partial charge in [-0.1, -0.05) is 38.1 Å². The molecule has 0 aromatic heterocycles. The van der Waals surface area contributed by atoms with E-state index in [4.69, 9.17) is 0 Å². The van der Waals surface area contributed by atoms with E-state index in [0.29, 0.717) is 5.92 Å². The van der Waals surface area contributed by atoms with Gasteiger partial charge in [0.1, 0.15) is 0 Å². The monoisotopic (exact) mass is 295 g/mol. The highest BCUT2D eigenvalue weighted by Gasteiger charge is 2.00. The summed E-state index contributed by atoms with van der Waals surface area (Å²) < 4.78 is 0. The second kappa shape index (κ2) is 7.88. The summed E-state index contributed by atoms with van der Waals surface area (Å²) in [5.41, 5.74) is 2.74. The van der Waals surface area contributed by atoms with E-state index in [2.05, 4.69) is 29.8 Å². The van der Waals surface area contributed by atoms with Crippen LogP contribution in [0, 0.1) is 5.92 Å². The quantitative estimate of drug-likeness (QED) is 0.747. The van der Waals surface area contributed by atoms with Crippen LogP contribution < -0.4 is 16.0 Å². The summed E-state index contributed by atoms with van der Waals surface area (Å²) in [6.45, 7) is 4.10. The second-order valence-corrected chi connectivity index (χ2v) is 5.27. The van der Waals surface area contributed by atoms with Crippen molar-refractivity contribution in [2.45, 2.75) is 13.8 Å². The molecule has 0 aliphatic heterocycles. The topological polar surface area (TPSA) is 53.2 Å². The van der Waals surface area contributed by atoms with Gasteiger partial charge in [0, 0.05) is 23.3 Å². The standard InChI is InChI=1S/C18H21N3O/c1-14(2)12-13-19-18(22)21-17-10-8-16(9-11-17)20-15-6-4-3-5-7-15/h3-14,20H,1-2H3,(H2,19,21,22)/b13-12+. The molecule has 0 heterocycles. The van der Waals surface area contributed by atoms with Gasteiger partial charge in [0.25, 0.3) is 0 Å². The van der Waals surface area contributed by atoms with Crippen molar-refractivity contribution in [2.75, 3.05) is 10.6 Å². The Morgan fingerprint density at radius 2 is 1.50 bits per heavy atom. The zero-order chi connectivity index (χ0) is 15.8. The smallest absolute Gasteiger partial charge is 0.323 e. The fourth-order valence-electron chi connectivity index (χ4n) is 1.81. The van der Waals surface area contributed by atoms with Gasteiger partial charge in [0.15, 0.2) is 0 Å². The van der Waals surface area contributed by atoms with Gasteiger partial charge < -0.3 is 16.0 Å². The van der Waals surface area contributed by atoms with Crippen LogP contribution in [0.3, 0.4) is 0 Å². The Kier molecular flexibility index (Phi) is 5.60. The minimum Gasteiger partial charge on any atom is -0.356 e. The molecule has 2 amide bonds. The van der Waals surface area contributed by atoms with Crippen molar-refractivity contribution < 1.29 is 4.79 Å². The molecule has 22 heavy (non-hydrogen) atoms. The number of allylic oxidation sites excluding steroid dienone is 1. The van der Waals surface area contributed by atoms with Crippen LogP contribution in [-0.2, 0) is 0 Å². The molecule has 0 unspecified atom stereocenters. The van der Waals surface area contributed by atoms with Crippen molar-refractivity contribution in [1.82, 2.24) is 5.32 Å². The number of nitrogens with one attached hydrogen (secondary N) is 3. The molecule has 4 heteroatoms. The Bertz CT molecular complexity index is 619. The number of benzene rings is 2. The molecule has 0 aliphatic rings. The molecule has 4 nitrogen and oxygen atoms in total. The maximum atomic E-state index is 11.7. The molecule has 0 atom stereocenters. The van der Waals surface area contributed by atoms with Crippen LogP contribution in [0.25, 0.3) is 0 Å². The van der Waals surface area contributed by atoms with Crippen molar-refractivity contribution in [3.05, 3.63) is 66.9 Å². The molecule has 2 aromatic rings. The highest BCUT2D eigenvalue weighted by molar-refractivity contribution is 5.90. The lowest BCUT2D eigenvalue weighted by molar-refractivity contribution is 0.255. The van der Waals surface area contributed by atoms with Crippen LogP contribution in [0.2, 0.25) is 0 Å². The number of carbonyl (C=O) groups excluding carboxylic acids is 1. The summed E-state index contributed by atoms with van der Waals surface area (Å²) in [7, 11) is 0.